The molecule has 8 heteroatoms. The van der Waals surface area contributed by atoms with Crippen LogP contribution < -0.4 is 4.80 Å². The van der Waals surface area contributed by atoms with Gasteiger partial charge in [-0.3, -0.25) is 9.59 Å². The average molecular weight is 376 g/mol. The Hall–Kier alpha value is -2.87. The summed E-state index contributed by atoms with van der Waals surface area (Å²) in [6.45, 7) is 1.72. The van der Waals surface area contributed by atoms with Crippen LogP contribution in [0.3, 0.4) is 0 Å². The molecule has 2 aromatic carbocycles. The predicted octanol–water partition coefficient (Wildman–Crippen LogP) is 3.29. The number of carbonyl (C=O) groups excluding carboxylic acids is 2. The minimum atomic E-state index is -0.658. The molecule has 26 heavy (non-hydrogen) atoms. The molecular weight excluding hydrogens is 362 g/mol. The van der Waals surface area contributed by atoms with Crippen molar-refractivity contribution >= 4 is 33.4 Å². The van der Waals surface area contributed by atoms with Gasteiger partial charge in [-0.15, -0.1) is 0 Å². The largest absolute Gasteiger partial charge is 0.465 e. The number of benzene rings is 2. The van der Waals surface area contributed by atoms with Crippen LogP contribution >= 0.6 is 11.3 Å². The molecule has 0 aliphatic carbocycles. The van der Waals surface area contributed by atoms with Gasteiger partial charge in [0.1, 0.15) is 18.2 Å². The average Bonchev–Trinajstić information content (AvgIpc) is 2.91. The Labute approximate surface area is 151 Å². The van der Waals surface area contributed by atoms with E-state index in [-0.39, 0.29) is 23.5 Å². The molecule has 0 N–H and O–H groups in total. The Morgan fingerprint density at radius 3 is 2.65 bits per heavy atom. The Kier molecular flexibility index (Phi) is 5.22. The highest BCUT2D eigenvalue weighted by molar-refractivity contribution is 7.16. The van der Waals surface area contributed by atoms with Crippen molar-refractivity contribution in [3.63, 3.8) is 0 Å². The van der Waals surface area contributed by atoms with Crippen molar-refractivity contribution in [2.75, 3.05) is 6.61 Å². The first-order valence-corrected chi connectivity index (χ1v) is 8.58. The van der Waals surface area contributed by atoms with Crippen LogP contribution in [-0.4, -0.2) is 23.1 Å². The Balaban J connectivity index is 2.11. The number of halogens is 2. The lowest BCUT2D eigenvalue weighted by Crippen LogP contribution is -2.23. The van der Waals surface area contributed by atoms with E-state index < -0.39 is 23.5 Å². The summed E-state index contributed by atoms with van der Waals surface area (Å²) in [6.07, 6.45) is 0. The highest BCUT2D eigenvalue weighted by Crippen LogP contribution is 2.19. The number of nitrogens with zero attached hydrogens (tertiary/aromatic N) is 2. The van der Waals surface area contributed by atoms with Gasteiger partial charge in [0.2, 0.25) is 0 Å². The van der Waals surface area contributed by atoms with E-state index in [1.807, 2.05) is 0 Å². The van der Waals surface area contributed by atoms with E-state index >= 15 is 0 Å². The van der Waals surface area contributed by atoms with Crippen LogP contribution in [0, 0.1) is 11.6 Å². The first kappa shape index (κ1) is 17.9. The molecule has 5 nitrogen and oxygen atoms in total. The number of rotatable bonds is 4. The predicted molar refractivity (Wildman–Crippen MR) is 92.7 cm³/mol. The lowest BCUT2D eigenvalue weighted by atomic mass is 10.2. The standard InChI is InChI=1S/C18H14F2N2O3S/c1-2-25-16(23)10-22-14-7-6-13(20)9-15(14)26-18(22)21-17(24)11-4-3-5-12(19)8-11/h3-9H,2,10H2,1H3. The molecule has 0 aliphatic rings. The monoisotopic (exact) mass is 376 g/mol. The van der Waals surface area contributed by atoms with Crippen LogP contribution in [0.5, 0.6) is 0 Å². The zero-order valence-corrected chi connectivity index (χ0v) is 14.6. The van der Waals surface area contributed by atoms with Crippen molar-refractivity contribution in [3.8, 4) is 0 Å². The fourth-order valence-electron chi connectivity index (χ4n) is 2.39. The summed E-state index contributed by atoms with van der Waals surface area (Å²) < 4.78 is 33.8. The topological polar surface area (TPSA) is 60.7 Å². The second-order valence-electron chi connectivity index (χ2n) is 5.32. The zero-order valence-electron chi connectivity index (χ0n) is 13.7. The van der Waals surface area contributed by atoms with Crippen molar-refractivity contribution in [1.29, 1.82) is 0 Å². The molecule has 3 rings (SSSR count). The minimum absolute atomic E-state index is 0.0799. The fourth-order valence-corrected chi connectivity index (χ4v) is 3.45. The lowest BCUT2D eigenvalue weighted by molar-refractivity contribution is -0.143. The summed E-state index contributed by atoms with van der Waals surface area (Å²) in [6, 6.07) is 9.21. The molecule has 0 fully saturated rings. The normalized spacial score (nSPS) is 11.7. The second-order valence-corrected chi connectivity index (χ2v) is 6.32. The van der Waals surface area contributed by atoms with Crippen molar-refractivity contribution in [2.24, 2.45) is 4.99 Å². The number of fused-ring (bicyclic) bond motifs is 1. The van der Waals surface area contributed by atoms with Gasteiger partial charge in [-0.25, -0.2) is 8.78 Å². The third-order valence-corrected chi connectivity index (χ3v) is 4.55. The maximum absolute atomic E-state index is 13.5. The van der Waals surface area contributed by atoms with Crippen LogP contribution in [0.2, 0.25) is 0 Å². The minimum Gasteiger partial charge on any atom is -0.465 e. The van der Waals surface area contributed by atoms with Crippen molar-refractivity contribution in [3.05, 3.63) is 64.5 Å². The first-order valence-electron chi connectivity index (χ1n) is 7.77. The van der Waals surface area contributed by atoms with Gasteiger partial charge in [-0.1, -0.05) is 17.4 Å². The highest BCUT2D eigenvalue weighted by Gasteiger charge is 2.13. The molecule has 0 aliphatic heterocycles. The summed E-state index contributed by atoms with van der Waals surface area (Å²) in [5.41, 5.74) is 0.631. The van der Waals surface area contributed by atoms with E-state index in [9.17, 15) is 18.4 Å². The number of aromatic nitrogens is 1. The van der Waals surface area contributed by atoms with Gasteiger partial charge in [-0.05, 0) is 43.3 Å². The third-order valence-electron chi connectivity index (χ3n) is 3.51. The van der Waals surface area contributed by atoms with Gasteiger partial charge in [0.25, 0.3) is 5.91 Å². The van der Waals surface area contributed by atoms with Gasteiger partial charge >= 0.3 is 5.97 Å². The van der Waals surface area contributed by atoms with E-state index in [2.05, 4.69) is 4.99 Å². The SMILES string of the molecule is CCOC(=O)Cn1c(=NC(=O)c2cccc(F)c2)sc2cc(F)ccc21. The van der Waals surface area contributed by atoms with E-state index in [0.717, 1.165) is 17.4 Å². The second kappa shape index (κ2) is 7.57. The number of ether oxygens (including phenoxy) is 1. The lowest BCUT2D eigenvalue weighted by Gasteiger charge is -2.05. The number of hydrogen-bond donors (Lipinski definition) is 0. The number of thiazole rings is 1. The molecule has 0 saturated carbocycles. The molecule has 3 aromatic rings. The third kappa shape index (κ3) is 3.85. The molecule has 0 saturated heterocycles. The fraction of sp³-hybridized carbons (Fsp3) is 0.167. The van der Waals surface area contributed by atoms with Crippen LogP contribution in [0.25, 0.3) is 10.2 Å². The molecule has 0 atom stereocenters. The summed E-state index contributed by atoms with van der Waals surface area (Å²) in [4.78, 5) is 28.4. The van der Waals surface area contributed by atoms with Gasteiger partial charge in [0, 0.05) is 5.56 Å². The zero-order chi connectivity index (χ0) is 18.7. The summed E-state index contributed by atoms with van der Waals surface area (Å²) >= 11 is 1.06. The summed E-state index contributed by atoms with van der Waals surface area (Å²) in [5, 5.41) is 0. The molecular formula is C18H14F2N2O3S. The molecule has 1 aromatic heterocycles. The van der Waals surface area contributed by atoms with Crippen LogP contribution in [0.4, 0.5) is 8.78 Å². The van der Waals surface area contributed by atoms with Crippen LogP contribution in [-0.2, 0) is 16.1 Å². The highest BCUT2D eigenvalue weighted by atomic mass is 32.1. The van der Waals surface area contributed by atoms with Crippen LogP contribution in [0.15, 0.2) is 47.5 Å². The summed E-state index contributed by atoms with van der Waals surface area (Å²) in [7, 11) is 0. The van der Waals surface area contributed by atoms with E-state index in [0.29, 0.717) is 10.2 Å². The van der Waals surface area contributed by atoms with Gasteiger partial charge < -0.3 is 9.30 Å². The molecule has 0 radical (unpaired) electrons. The molecule has 134 valence electrons. The molecule has 0 bridgehead atoms. The number of carbonyl (C=O) groups is 2. The Morgan fingerprint density at radius 2 is 1.92 bits per heavy atom. The number of amides is 1. The molecule has 1 heterocycles. The van der Waals surface area contributed by atoms with Crippen molar-refractivity contribution < 1.29 is 23.1 Å². The maximum Gasteiger partial charge on any atom is 0.326 e. The Bertz CT molecular complexity index is 1060. The molecule has 0 spiro atoms. The van der Waals surface area contributed by atoms with E-state index in [4.69, 9.17) is 4.74 Å². The quantitative estimate of drug-likeness (QED) is 0.657. The van der Waals surface area contributed by atoms with E-state index in [1.54, 1.807) is 6.92 Å². The number of hydrogen-bond acceptors (Lipinski definition) is 4. The van der Waals surface area contributed by atoms with Crippen LogP contribution in [0.1, 0.15) is 17.3 Å². The smallest absolute Gasteiger partial charge is 0.326 e. The summed E-state index contributed by atoms with van der Waals surface area (Å²) in [5.74, 6) is -2.15. The van der Waals surface area contributed by atoms with E-state index in [1.165, 1.54) is 41.0 Å². The van der Waals surface area contributed by atoms with Crippen molar-refractivity contribution in [1.82, 2.24) is 4.57 Å². The molecule has 0 unspecified atom stereocenters. The van der Waals surface area contributed by atoms with Gasteiger partial charge in [-0.2, -0.15) is 4.99 Å². The van der Waals surface area contributed by atoms with Gasteiger partial charge in [0.05, 0.1) is 16.8 Å². The first-order chi connectivity index (χ1) is 12.5. The number of esters is 1. The molecule has 1 amide bonds. The Morgan fingerprint density at radius 1 is 1.15 bits per heavy atom. The maximum atomic E-state index is 13.5. The van der Waals surface area contributed by atoms with Gasteiger partial charge in [0.15, 0.2) is 4.80 Å². The van der Waals surface area contributed by atoms with Crippen molar-refractivity contribution in [2.45, 2.75) is 13.5 Å².